The average Bonchev–Trinajstić information content (AvgIpc) is 2.64. The van der Waals surface area contributed by atoms with Gasteiger partial charge in [0.2, 0.25) is 5.91 Å². The van der Waals surface area contributed by atoms with Crippen LogP contribution in [-0.2, 0) is 4.79 Å². The van der Waals surface area contributed by atoms with Crippen molar-refractivity contribution in [2.24, 2.45) is 0 Å². The fourth-order valence-electron chi connectivity index (χ4n) is 2.60. The molecule has 0 aromatic heterocycles. The number of hydrogen-bond donors (Lipinski definition) is 3. The smallest absolute Gasteiger partial charge is 0.251 e. The second-order valence-electron chi connectivity index (χ2n) is 6.65. The molecule has 7 heteroatoms. The van der Waals surface area contributed by atoms with Crippen molar-refractivity contribution in [2.75, 3.05) is 26.4 Å². The summed E-state index contributed by atoms with van der Waals surface area (Å²) >= 11 is 0. The number of hydrogen-bond acceptors (Lipinski definition) is 4. The number of nitrogen functional groups attached to an aromatic ring is 1. The average molecular weight is 384 g/mol. The van der Waals surface area contributed by atoms with Gasteiger partial charge in [-0.05, 0) is 36.3 Å². The van der Waals surface area contributed by atoms with Crippen molar-refractivity contribution in [1.29, 1.82) is 5.41 Å². The van der Waals surface area contributed by atoms with Gasteiger partial charge in [-0.2, -0.15) is 0 Å². The highest BCUT2D eigenvalue weighted by molar-refractivity contribution is 6.16. The Kier molecular flexibility index (Phi) is 7.26. The lowest BCUT2D eigenvalue weighted by molar-refractivity contribution is -0.128. The first-order chi connectivity index (χ1) is 13.3. The normalized spacial score (nSPS) is 18.5. The van der Waals surface area contributed by atoms with E-state index in [1.54, 1.807) is 32.3 Å². The third-order valence-corrected chi connectivity index (χ3v) is 4.29. The van der Waals surface area contributed by atoms with Gasteiger partial charge in [-0.15, -0.1) is 0 Å². The summed E-state index contributed by atoms with van der Waals surface area (Å²) in [7, 11) is 3.31. The minimum absolute atomic E-state index is 0.0802. The molecule has 1 aliphatic carbocycles. The number of carbonyl (C=O) groups excluding carboxylic acids is 2. The van der Waals surface area contributed by atoms with E-state index in [0.29, 0.717) is 35.2 Å². The Bertz CT molecular complexity index is 869. The van der Waals surface area contributed by atoms with Crippen LogP contribution in [0.4, 0.5) is 10.1 Å². The van der Waals surface area contributed by atoms with Gasteiger partial charge in [-0.25, -0.2) is 4.39 Å². The van der Waals surface area contributed by atoms with E-state index in [0.717, 1.165) is 0 Å². The topological polar surface area (TPSA) is 99.3 Å². The van der Waals surface area contributed by atoms with Gasteiger partial charge >= 0.3 is 0 Å². The monoisotopic (exact) mass is 384 g/mol. The van der Waals surface area contributed by atoms with Crippen LogP contribution >= 0.6 is 0 Å². The van der Waals surface area contributed by atoms with E-state index in [1.165, 1.54) is 23.1 Å². The zero-order valence-corrected chi connectivity index (χ0v) is 16.1. The summed E-state index contributed by atoms with van der Waals surface area (Å²) in [5, 5.41) is 11.1. The number of nitrogens with one attached hydrogen (secondary N) is 2. The molecule has 6 nitrogen and oxygen atoms in total. The minimum Gasteiger partial charge on any atom is -0.398 e. The first kappa shape index (κ1) is 21.1. The molecule has 2 rings (SSSR count). The van der Waals surface area contributed by atoms with Crippen LogP contribution in [0.2, 0.25) is 0 Å². The van der Waals surface area contributed by atoms with Crippen molar-refractivity contribution in [1.82, 2.24) is 10.2 Å². The third-order valence-electron chi connectivity index (χ3n) is 4.29. The molecule has 28 heavy (non-hydrogen) atoms. The molecule has 0 spiro atoms. The van der Waals surface area contributed by atoms with Gasteiger partial charge in [-0.3, -0.25) is 15.0 Å². The third kappa shape index (κ3) is 5.64. The minimum atomic E-state index is -0.353. The summed E-state index contributed by atoms with van der Waals surface area (Å²) in [6, 6.07) is 4.67. The van der Waals surface area contributed by atoms with E-state index in [4.69, 9.17) is 11.1 Å². The van der Waals surface area contributed by atoms with Crippen molar-refractivity contribution in [3.63, 3.8) is 0 Å². The molecule has 148 valence electrons. The Morgan fingerprint density at radius 3 is 2.75 bits per heavy atom. The van der Waals surface area contributed by atoms with Gasteiger partial charge < -0.3 is 16.0 Å². The molecule has 0 bridgehead atoms. The van der Waals surface area contributed by atoms with Gasteiger partial charge in [0.1, 0.15) is 5.83 Å². The molecule has 0 heterocycles. The lowest BCUT2D eigenvalue weighted by atomic mass is 9.96. The molecule has 0 unspecified atom stereocenters. The van der Waals surface area contributed by atoms with Crippen molar-refractivity contribution < 1.29 is 14.0 Å². The standard InChI is InChI=1S/C21H25FN4O2/c1-26(2)19(27)11-12-25-21(28)15-8-10-18(23)17(13-15)20(24)14-5-3-4-6-16(22)9-7-14/h3,5,7-10,13,24H,4,6,11-12,23H2,1-2H3,(H,25,28)/b5-3-,14-7+,16-9+,24-20?. The fourth-order valence-corrected chi connectivity index (χ4v) is 2.60. The number of allylic oxidation sites excluding steroid dienone is 6. The van der Waals surface area contributed by atoms with Gasteiger partial charge in [0.25, 0.3) is 5.91 Å². The maximum atomic E-state index is 13.5. The highest BCUT2D eigenvalue weighted by Crippen LogP contribution is 2.21. The van der Waals surface area contributed by atoms with Gasteiger partial charge in [0, 0.05) is 50.3 Å². The molecule has 0 aliphatic heterocycles. The largest absolute Gasteiger partial charge is 0.398 e. The summed E-state index contributed by atoms with van der Waals surface area (Å²) in [5.74, 6) is -0.680. The fraction of sp³-hybridized carbons (Fsp3) is 0.286. The second-order valence-corrected chi connectivity index (χ2v) is 6.65. The highest BCUT2D eigenvalue weighted by Gasteiger charge is 2.14. The van der Waals surface area contributed by atoms with Gasteiger partial charge in [0.05, 0.1) is 5.71 Å². The highest BCUT2D eigenvalue weighted by atomic mass is 19.1. The Morgan fingerprint density at radius 2 is 2.04 bits per heavy atom. The SMILES string of the molecule is CN(C)C(=O)CCNC(=O)c1ccc(N)c(C(=N)C2=C/C=C(/F)CC/C=C\2)c1. The van der Waals surface area contributed by atoms with E-state index in [-0.39, 0.29) is 36.3 Å². The molecular formula is C21H25FN4O2. The van der Waals surface area contributed by atoms with Crippen LogP contribution in [0.5, 0.6) is 0 Å². The number of nitrogens with two attached hydrogens (primary N) is 1. The van der Waals surface area contributed by atoms with Crippen molar-refractivity contribution in [3.05, 3.63) is 65.0 Å². The number of carbonyl (C=O) groups is 2. The number of rotatable bonds is 6. The van der Waals surface area contributed by atoms with Crippen molar-refractivity contribution in [3.8, 4) is 0 Å². The predicted octanol–water partition coefficient (Wildman–Crippen LogP) is 2.97. The van der Waals surface area contributed by atoms with Crippen LogP contribution in [0, 0.1) is 5.41 Å². The molecule has 0 fully saturated rings. The Labute approximate surface area is 164 Å². The molecule has 1 aromatic rings. The van der Waals surface area contributed by atoms with Crippen LogP contribution in [0.15, 0.2) is 53.9 Å². The Balaban J connectivity index is 2.17. The molecule has 0 saturated heterocycles. The number of amides is 2. The summed E-state index contributed by atoms with van der Waals surface area (Å²) in [6.45, 7) is 0.213. The lowest BCUT2D eigenvalue weighted by Gasteiger charge is -2.13. The van der Waals surface area contributed by atoms with Crippen molar-refractivity contribution in [2.45, 2.75) is 19.3 Å². The second kappa shape index (κ2) is 9.64. The van der Waals surface area contributed by atoms with Crippen LogP contribution in [0.25, 0.3) is 0 Å². The van der Waals surface area contributed by atoms with Crippen LogP contribution in [0.3, 0.4) is 0 Å². The van der Waals surface area contributed by atoms with Crippen LogP contribution in [-0.4, -0.2) is 43.1 Å². The first-order valence-electron chi connectivity index (χ1n) is 8.99. The number of benzene rings is 1. The van der Waals surface area contributed by atoms with E-state index in [1.807, 2.05) is 6.08 Å². The molecular weight excluding hydrogens is 359 g/mol. The molecule has 0 radical (unpaired) electrons. The maximum Gasteiger partial charge on any atom is 0.251 e. The molecule has 4 N–H and O–H groups in total. The van der Waals surface area contributed by atoms with E-state index in [9.17, 15) is 14.0 Å². The zero-order valence-electron chi connectivity index (χ0n) is 16.1. The Hall–Kier alpha value is -3.22. The number of halogens is 1. The van der Waals surface area contributed by atoms with E-state index in [2.05, 4.69) is 5.32 Å². The van der Waals surface area contributed by atoms with E-state index < -0.39 is 0 Å². The van der Waals surface area contributed by atoms with Gasteiger partial charge in [0.15, 0.2) is 0 Å². The molecule has 1 aromatic carbocycles. The Morgan fingerprint density at radius 1 is 1.29 bits per heavy atom. The lowest BCUT2D eigenvalue weighted by Crippen LogP contribution is -2.30. The molecule has 1 aliphatic rings. The molecule has 0 atom stereocenters. The van der Waals surface area contributed by atoms with Crippen LogP contribution in [0.1, 0.15) is 35.2 Å². The summed E-state index contributed by atoms with van der Waals surface area (Å²) < 4.78 is 13.5. The van der Waals surface area contributed by atoms with Gasteiger partial charge in [-0.1, -0.05) is 18.2 Å². The zero-order chi connectivity index (χ0) is 20.7. The number of anilines is 1. The maximum absolute atomic E-state index is 13.5. The molecule has 2 amide bonds. The quantitative estimate of drug-likeness (QED) is 0.519. The summed E-state index contributed by atoms with van der Waals surface area (Å²) in [4.78, 5) is 25.4. The molecule has 0 saturated carbocycles. The van der Waals surface area contributed by atoms with Crippen LogP contribution < -0.4 is 11.1 Å². The van der Waals surface area contributed by atoms with E-state index >= 15 is 0 Å². The number of nitrogens with zero attached hydrogens (tertiary/aromatic N) is 1. The predicted molar refractivity (Wildman–Crippen MR) is 109 cm³/mol. The summed E-state index contributed by atoms with van der Waals surface area (Å²) in [5.41, 5.74) is 7.70. The summed E-state index contributed by atoms with van der Waals surface area (Å²) in [6.07, 6.45) is 7.53. The first-order valence-corrected chi connectivity index (χ1v) is 8.99. The van der Waals surface area contributed by atoms with Crippen molar-refractivity contribution >= 4 is 23.2 Å².